The average Bonchev–Trinajstić information content (AvgIpc) is 2.26. The summed E-state index contributed by atoms with van der Waals surface area (Å²) >= 11 is 6.08. The number of hydrogen-bond acceptors (Lipinski definition) is 2. The van der Waals surface area contributed by atoms with Crippen molar-refractivity contribution in [3.63, 3.8) is 0 Å². The van der Waals surface area contributed by atoms with Gasteiger partial charge in [0.25, 0.3) is 0 Å². The first-order valence-electron chi connectivity index (χ1n) is 5.37. The summed E-state index contributed by atoms with van der Waals surface area (Å²) in [6, 6.07) is 11.3. The summed E-state index contributed by atoms with van der Waals surface area (Å²) < 4.78 is 5.84. The number of para-hydroxylation sites is 1. The molecule has 0 fully saturated rings. The van der Waals surface area contributed by atoms with Crippen molar-refractivity contribution in [1.82, 2.24) is 0 Å². The van der Waals surface area contributed by atoms with Crippen LogP contribution >= 0.6 is 11.6 Å². The predicted octanol–water partition coefficient (Wildman–Crippen LogP) is 4.33. The second kappa shape index (κ2) is 4.68. The number of ether oxygens (including phenoxy) is 1. The van der Waals surface area contributed by atoms with Crippen LogP contribution in [-0.4, -0.2) is 0 Å². The molecule has 0 spiro atoms. The molecule has 17 heavy (non-hydrogen) atoms. The minimum atomic E-state index is 0.521. The summed E-state index contributed by atoms with van der Waals surface area (Å²) in [6.45, 7) is 4.01. The van der Waals surface area contributed by atoms with Gasteiger partial charge in [0, 0.05) is 5.69 Å². The van der Waals surface area contributed by atoms with Gasteiger partial charge in [-0.3, -0.25) is 0 Å². The maximum atomic E-state index is 6.08. The number of rotatable bonds is 2. The molecule has 0 amide bonds. The first kappa shape index (κ1) is 11.8. The molecule has 0 radical (unpaired) electrons. The maximum absolute atomic E-state index is 6.08. The molecule has 0 aromatic heterocycles. The number of aryl methyl sites for hydroxylation is 2. The van der Waals surface area contributed by atoms with Crippen LogP contribution in [0.15, 0.2) is 36.4 Å². The Labute approximate surface area is 106 Å². The second-order valence-electron chi connectivity index (χ2n) is 4.01. The number of hydrogen-bond donors (Lipinski definition) is 1. The van der Waals surface area contributed by atoms with E-state index in [1.807, 2.05) is 32.0 Å². The van der Waals surface area contributed by atoms with E-state index < -0.39 is 0 Å². The summed E-state index contributed by atoms with van der Waals surface area (Å²) in [4.78, 5) is 0. The quantitative estimate of drug-likeness (QED) is 0.802. The fourth-order valence-corrected chi connectivity index (χ4v) is 1.90. The van der Waals surface area contributed by atoms with Crippen LogP contribution in [0.3, 0.4) is 0 Å². The number of nitrogens with two attached hydrogens (primary N) is 1. The van der Waals surface area contributed by atoms with E-state index in [-0.39, 0.29) is 0 Å². The van der Waals surface area contributed by atoms with E-state index in [0.29, 0.717) is 16.5 Å². The van der Waals surface area contributed by atoms with Gasteiger partial charge in [-0.15, -0.1) is 0 Å². The molecular formula is C14H14ClNO. The van der Waals surface area contributed by atoms with Crippen LogP contribution in [0.25, 0.3) is 0 Å². The molecule has 0 heterocycles. The van der Waals surface area contributed by atoms with Crippen LogP contribution in [0.1, 0.15) is 11.1 Å². The highest BCUT2D eigenvalue weighted by Crippen LogP contribution is 2.33. The van der Waals surface area contributed by atoms with E-state index in [0.717, 1.165) is 16.9 Å². The van der Waals surface area contributed by atoms with E-state index in [4.69, 9.17) is 22.1 Å². The normalized spacial score (nSPS) is 10.3. The first-order valence-corrected chi connectivity index (χ1v) is 5.75. The lowest BCUT2D eigenvalue weighted by Gasteiger charge is -2.12. The fraction of sp³-hybridized carbons (Fsp3) is 0.143. The van der Waals surface area contributed by atoms with Crippen molar-refractivity contribution in [2.45, 2.75) is 13.8 Å². The van der Waals surface area contributed by atoms with E-state index in [1.54, 1.807) is 18.2 Å². The predicted molar refractivity (Wildman–Crippen MR) is 71.9 cm³/mol. The van der Waals surface area contributed by atoms with Crippen molar-refractivity contribution in [2.24, 2.45) is 0 Å². The molecule has 0 saturated carbocycles. The zero-order chi connectivity index (χ0) is 12.4. The largest absolute Gasteiger partial charge is 0.455 e. The van der Waals surface area contributed by atoms with Gasteiger partial charge in [0.05, 0.1) is 5.02 Å². The van der Waals surface area contributed by atoms with Gasteiger partial charge in [-0.25, -0.2) is 0 Å². The zero-order valence-electron chi connectivity index (χ0n) is 9.83. The number of nitrogen functional groups attached to an aromatic ring is 1. The summed E-state index contributed by atoms with van der Waals surface area (Å²) in [5.74, 6) is 1.47. The average molecular weight is 248 g/mol. The Hall–Kier alpha value is -1.67. The lowest BCUT2D eigenvalue weighted by Crippen LogP contribution is -1.92. The third-order valence-electron chi connectivity index (χ3n) is 2.58. The third kappa shape index (κ3) is 2.53. The van der Waals surface area contributed by atoms with E-state index in [9.17, 15) is 0 Å². The van der Waals surface area contributed by atoms with E-state index >= 15 is 0 Å². The molecule has 0 aliphatic rings. The molecule has 0 atom stereocenters. The highest BCUT2D eigenvalue weighted by atomic mass is 35.5. The Morgan fingerprint density at radius 3 is 2.29 bits per heavy atom. The Kier molecular flexibility index (Phi) is 3.25. The van der Waals surface area contributed by atoms with Crippen molar-refractivity contribution in [3.05, 3.63) is 52.5 Å². The number of anilines is 1. The van der Waals surface area contributed by atoms with Crippen LogP contribution in [0.4, 0.5) is 5.69 Å². The molecule has 2 aromatic rings. The summed E-state index contributed by atoms with van der Waals surface area (Å²) in [6.07, 6.45) is 0. The van der Waals surface area contributed by atoms with Gasteiger partial charge in [-0.05, 0) is 43.2 Å². The molecule has 88 valence electrons. The molecule has 2 rings (SSSR count). The van der Waals surface area contributed by atoms with Gasteiger partial charge in [-0.1, -0.05) is 29.8 Å². The minimum Gasteiger partial charge on any atom is -0.455 e. The number of halogens is 1. The summed E-state index contributed by atoms with van der Waals surface area (Å²) in [5, 5.41) is 0.521. The monoisotopic (exact) mass is 247 g/mol. The lowest BCUT2D eigenvalue weighted by atomic mass is 10.1. The molecule has 2 N–H and O–H groups in total. The second-order valence-corrected chi connectivity index (χ2v) is 4.42. The smallest absolute Gasteiger partial charge is 0.146 e. The molecule has 2 aromatic carbocycles. The topological polar surface area (TPSA) is 35.2 Å². The highest BCUT2D eigenvalue weighted by Gasteiger charge is 2.07. The van der Waals surface area contributed by atoms with Gasteiger partial charge < -0.3 is 10.5 Å². The zero-order valence-corrected chi connectivity index (χ0v) is 10.6. The van der Waals surface area contributed by atoms with E-state index in [1.165, 1.54) is 0 Å². The van der Waals surface area contributed by atoms with Gasteiger partial charge in [0.2, 0.25) is 0 Å². The molecule has 0 aliphatic heterocycles. The minimum absolute atomic E-state index is 0.521. The lowest BCUT2D eigenvalue weighted by molar-refractivity contribution is 0.475. The standard InChI is InChI=1S/C14H14ClNO/c1-9-4-3-5-10(2)14(9)17-13-7-6-11(16)8-12(13)15/h3-8H,16H2,1-2H3. The Morgan fingerprint density at radius 1 is 1.06 bits per heavy atom. The SMILES string of the molecule is Cc1cccc(C)c1Oc1ccc(N)cc1Cl. The highest BCUT2D eigenvalue weighted by molar-refractivity contribution is 6.32. The van der Waals surface area contributed by atoms with Crippen molar-refractivity contribution in [2.75, 3.05) is 5.73 Å². The van der Waals surface area contributed by atoms with Crippen LogP contribution < -0.4 is 10.5 Å². The van der Waals surface area contributed by atoms with Crippen LogP contribution in [-0.2, 0) is 0 Å². The van der Waals surface area contributed by atoms with Crippen LogP contribution in [0.5, 0.6) is 11.5 Å². The Balaban J connectivity index is 2.38. The van der Waals surface area contributed by atoms with Crippen molar-refractivity contribution < 1.29 is 4.74 Å². The van der Waals surface area contributed by atoms with Gasteiger partial charge >= 0.3 is 0 Å². The van der Waals surface area contributed by atoms with Crippen LogP contribution in [0, 0.1) is 13.8 Å². The molecule has 2 nitrogen and oxygen atoms in total. The maximum Gasteiger partial charge on any atom is 0.146 e. The number of benzene rings is 2. The van der Waals surface area contributed by atoms with Crippen molar-refractivity contribution in [1.29, 1.82) is 0 Å². The molecule has 0 unspecified atom stereocenters. The summed E-state index contributed by atoms with van der Waals surface area (Å²) in [5.41, 5.74) is 8.43. The molecule has 3 heteroatoms. The van der Waals surface area contributed by atoms with Gasteiger partial charge in [-0.2, -0.15) is 0 Å². The van der Waals surface area contributed by atoms with E-state index in [2.05, 4.69) is 0 Å². The van der Waals surface area contributed by atoms with Crippen molar-refractivity contribution in [3.8, 4) is 11.5 Å². The first-order chi connectivity index (χ1) is 8.08. The van der Waals surface area contributed by atoms with Crippen molar-refractivity contribution >= 4 is 17.3 Å². The molecule has 0 bridgehead atoms. The third-order valence-corrected chi connectivity index (χ3v) is 2.87. The molecule has 0 saturated heterocycles. The fourth-order valence-electron chi connectivity index (χ4n) is 1.67. The summed E-state index contributed by atoms with van der Waals surface area (Å²) in [7, 11) is 0. The van der Waals surface area contributed by atoms with Gasteiger partial charge in [0.15, 0.2) is 0 Å². The molecule has 0 aliphatic carbocycles. The molecular weight excluding hydrogens is 234 g/mol. The van der Waals surface area contributed by atoms with Crippen LogP contribution in [0.2, 0.25) is 5.02 Å². The van der Waals surface area contributed by atoms with Gasteiger partial charge in [0.1, 0.15) is 11.5 Å². The Morgan fingerprint density at radius 2 is 1.71 bits per heavy atom. The Bertz CT molecular complexity index is 532.